The zero-order chi connectivity index (χ0) is 20.1. The van der Waals surface area contributed by atoms with Crippen LogP contribution in [0.5, 0.6) is 0 Å². The van der Waals surface area contributed by atoms with E-state index in [1.807, 2.05) is 0 Å². The fourth-order valence-corrected chi connectivity index (χ4v) is 18.5. The Bertz CT molecular complexity index is 243. The molecule has 0 amide bonds. The molecule has 27 heavy (non-hydrogen) atoms. The third-order valence-corrected chi connectivity index (χ3v) is 25.3. The second-order valence-corrected chi connectivity index (χ2v) is 23.6. The minimum atomic E-state index is -0.950. The first-order chi connectivity index (χ1) is 13.2. The molecule has 0 aliphatic rings. The Kier molecular flexibility index (Phi) is 23.2. The Morgan fingerprint density at radius 2 is 0.704 bits per heavy atom. The Morgan fingerprint density at radius 3 is 0.963 bits per heavy atom. The Labute approximate surface area is 182 Å². The van der Waals surface area contributed by atoms with Crippen molar-refractivity contribution in [2.24, 2.45) is 0 Å². The molecule has 0 saturated carbocycles. The number of hydrogen-bond acceptors (Lipinski definition) is 0. The molecule has 0 saturated heterocycles. The van der Waals surface area contributed by atoms with Crippen molar-refractivity contribution in [3.63, 3.8) is 0 Å². The Hall–Kier alpha value is 1.38. The molecule has 0 aromatic carbocycles. The molecule has 0 N–H and O–H groups in total. The van der Waals surface area contributed by atoms with Crippen LogP contribution in [0.1, 0.15) is 136 Å². The van der Waals surface area contributed by atoms with Gasteiger partial charge in [-0.05, 0) is 0 Å². The Balaban J connectivity index is 4.23. The van der Waals surface area contributed by atoms with Gasteiger partial charge in [-0.2, -0.15) is 0 Å². The van der Waals surface area contributed by atoms with Crippen LogP contribution < -0.4 is 0 Å². The zero-order valence-corrected chi connectivity index (χ0v) is 23.2. The topological polar surface area (TPSA) is 0 Å². The number of hydrogen-bond donors (Lipinski definition) is 0. The van der Waals surface area contributed by atoms with Crippen LogP contribution in [-0.4, -0.2) is 32.6 Å². The zero-order valence-electron chi connectivity index (χ0n) is 19.3. The molecule has 0 aromatic rings. The van der Waals surface area contributed by atoms with E-state index in [9.17, 15) is 0 Å². The van der Waals surface area contributed by atoms with Crippen LogP contribution in [0.3, 0.4) is 0 Å². The third kappa shape index (κ3) is 17.9. The number of unbranched alkanes of at least 4 members (excludes halogenated alkanes) is 15. The van der Waals surface area contributed by atoms with Crippen LogP contribution in [-0.2, 0) is 0 Å². The van der Waals surface area contributed by atoms with Crippen molar-refractivity contribution in [3.05, 3.63) is 0 Å². The van der Waals surface area contributed by atoms with E-state index >= 15 is 0 Å². The van der Waals surface area contributed by atoms with Crippen LogP contribution in [0.15, 0.2) is 0 Å². The van der Waals surface area contributed by atoms with Gasteiger partial charge in [0.1, 0.15) is 0 Å². The van der Waals surface area contributed by atoms with E-state index in [2.05, 4.69) is 28.7 Å². The van der Waals surface area contributed by atoms with Crippen LogP contribution in [0.4, 0.5) is 0 Å². The van der Waals surface area contributed by atoms with E-state index in [0.717, 1.165) is 14.1 Å². The average Bonchev–Trinajstić information content (AvgIpc) is 2.69. The molecule has 0 rings (SSSR count). The van der Waals surface area contributed by atoms with E-state index in [1.54, 1.807) is 37.7 Å². The molecule has 1 atom stereocenters. The summed E-state index contributed by atoms with van der Waals surface area (Å²) in [6.45, 7) is 6.99. The quantitative estimate of drug-likeness (QED) is 0.0818. The minimum absolute atomic E-state index is 0.878. The van der Waals surface area contributed by atoms with Gasteiger partial charge in [0.25, 0.3) is 0 Å². The molecule has 0 nitrogen and oxygen atoms in total. The van der Waals surface area contributed by atoms with Gasteiger partial charge in [-0.1, -0.05) is 0 Å². The van der Waals surface area contributed by atoms with Gasteiger partial charge in [-0.15, -0.1) is 0 Å². The van der Waals surface area contributed by atoms with Crippen LogP contribution >= 0.6 is 13.9 Å². The van der Waals surface area contributed by atoms with Gasteiger partial charge in [-0.25, -0.2) is 0 Å². The second kappa shape index (κ2) is 22.1. The summed E-state index contributed by atoms with van der Waals surface area (Å²) in [5, 5.41) is 0. The van der Waals surface area contributed by atoms with Crippen molar-refractivity contribution in [1.29, 1.82) is 0 Å². The molecule has 1 unspecified atom stereocenters. The maximum atomic E-state index is 3.27. The monoisotopic (exact) mass is 484 g/mol. The summed E-state index contributed by atoms with van der Waals surface area (Å²) < 4.78 is 0. The molecule has 0 fully saturated rings. The van der Waals surface area contributed by atoms with Gasteiger partial charge in [0.2, 0.25) is 0 Å². The van der Waals surface area contributed by atoms with Crippen molar-refractivity contribution in [2.45, 2.75) is 136 Å². The van der Waals surface area contributed by atoms with Crippen molar-refractivity contribution in [2.75, 3.05) is 18.5 Å². The SMILES string of the molecule is CCCCCCCC[PH](CCCCCCCC)(CCCCCCCC)[Se]P. The van der Waals surface area contributed by atoms with Crippen molar-refractivity contribution < 1.29 is 0 Å². The molecule has 0 spiro atoms. The number of rotatable bonds is 22. The molecular formula is C24H54P2Se. The average molecular weight is 484 g/mol. The van der Waals surface area contributed by atoms with E-state index in [-0.39, 0.29) is 0 Å². The Morgan fingerprint density at radius 1 is 0.444 bits per heavy atom. The van der Waals surface area contributed by atoms with Gasteiger partial charge in [-0.3, -0.25) is 0 Å². The molecular weight excluding hydrogens is 429 g/mol. The molecule has 0 bridgehead atoms. The van der Waals surface area contributed by atoms with E-state index in [1.165, 1.54) is 96.3 Å². The van der Waals surface area contributed by atoms with E-state index in [0.29, 0.717) is 0 Å². The summed E-state index contributed by atoms with van der Waals surface area (Å²) >= 11 is 0.878. The second-order valence-electron chi connectivity index (χ2n) is 8.85. The van der Waals surface area contributed by atoms with Gasteiger partial charge in [0.05, 0.1) is 0 Å². The molecule has 166 valence electrons. The summed E-state index contributed by atoms with van der Waals surface area (Å²) in [6.07, 6.45) is 31.6. The predicted octanol–water partition coefficient (Wildman–Crippen LogP) is 9.23. The first-order valence-corrected chi connectivity index (χ1v) is 21.2. The fourth-order valence-electron chi connectivity index (χ4n) is 4.23. The summed E-state index contributed by atoms with van der Waals surface area (Å²) in [6, 6.07) is 0. The first kappa shape index (κ1) is 28.4. The molecule has 3 heteroatoms. The molecule has 0 aromatic heterocycles. The van der Waals surface area contributed by atoms with Gasteiger partial charge in [0, 0.05) is 0 Å². The van der Waals surface area contributed by atoms with Crippen molar-refractivity contribution in [3.8, 4) is 0 Å². The van der Waals surface area contributed by atoms with Crippen molar-refractivity contribution in [1.82, 2.24) is 0 Å². The van der Waals surface area contributed by atoms with Crippen molar-refractivity contribution >= 4 is 28.0 Å². The molecule has 0 aliphatic heterocycles. The predicted molar refractivity (Wildman–Crippen MR) is 139 cm³/mol. The normalized spacial score (nSPS) is 12.6. The summed E-state index contributed by atoms with van der Waals surface area (Å²) in [4.78, 5) is 0. The van der Waals surface area contributed by atoms with Crippen LogP contribution in [0.2, 0.25) is 0 Å². The van der Waals surface area contributed by atoms with Gasteiger partial charge in [0.15, 0.2) is 0 Å². The van der Waals surface area contributed by atoms with E-state index in [4.69, 9.17) is 0 Å². The fraction of sp³-hybridized carbons (Fsp3) is 1.00. The maximum absolute atomic E-state index is 3.27. The van der Waals surface area contributed by atoms with Crippen LogP contribution in [0.25, 0.3) is 0 Å². The van der Waals surface area contributed by atoms with Crippen LogP contribution in [0, 0.1) is 0 Å². The van der Waals surface area contributed by atoms with Gasteiger partial charge < -0.3 is 0 Å². The molecule has 0 aliphatic carbocycles. The van der Waals surface area contributed by atoms with Gasteiger partial charge >= 0.3 is 183 Å². The summed E-state index contributed by atoms with van der Waals surface area (Å²) in [7, 11) is 3.27. The first-order valence-electron chi connectivity index (χ1n) is 12.6. The standard InChI is InChI=1S/C24H54P2Se/c1-4-7-10-13-16-19-22-26(27-25,23-20-17-14-11-8-5-2)24-21-18-15-12-9-6-3/h26H,4-25H2,1-3H3. The third-order valence-electron chi connectivity index (χ3n) is 6.21. The van der Waals surface area contributed by atoms with E-state index < -0.39 is 5.95 Å². The summed E-state index contributed by atoms with van der Waals surface area (Å²) in [5.74, 6) is -0.950. The molecule has 0 radical (unpaired) electrons. The molecule has 0 heterocycles. The summed E-state index contributed by atoms with van der Waals surface area (Å²) in [5.41, 5.74) is 0.